The van der Waals surface area contributed by atoms with Gasteiger partial charge in [0, 0.05) is 0 Å². The van der Waals surface area contributed by atoms with Gasteiger partial charge in [-0.1, -0.05) is 0 Å². The molecule has 0 fully saturated rings. The second kappa shape index (κ2) is 3.39. The van der Waals surface area contributed by atoms with E-state index in [9.17, 15) is 17.6 Å². The number of hydrogen-bond acceptors (Lipinski definition) is 2. The van der Waals surface area contributed by atoms with E-state index in [1.807, 2.05) is 0 Å². The standard InChI is InChI=1S/C7H2F4N2/c8-4-1-3(6(9)10)5(2-12)13-7(4)11/h1,6H. The Morgan fingerprint density at radius 2 is 2.00 bits per heavy atom. The Morgan fingerprint density at radius 1 is 1.38 bits per heavy atom. The molecular formula is C7H2F4N2. The normalized spacial score (nSPS) is 10.2. The molecule has 13 heavy (non-hydrogen) atoms. The van der Waals surface area contributed by atoms with Crippen LogP contribution < -0.4 is 0 Å². The van der Waals surface area contributed by atoms with Crippen molar-refractivity contribution in [3.8, 4) is 6.07 Å². The first-order valence-corrected chi connectivity index (χ1v) is 3.10. The van der Waals surface area contributed by atoms with Crippen molar-refractivity contribution in [2.75, 3.05) is 0 Å². The summed E-state index contributed by atoms with van der Waals surface area (Å²) in [7, 11) is 0. The summed E-state index contributed by atoms with van der Waals surface area (Å²) in [6, 6.07) is 1.52. The van der Waals surface area contributed by atoms with Crippen molar-refractivity contribution in [3.63, 3.8) is 0 Å². The van der Waals surface area contributed by atoms with Crippen molar-refractivity contribution >= 4 is 0 Å². The third-order valence-corrected chi connectivity index (χ3v) is 1.30. The van der Waals surface area contributed by atoms with Crippen LogP contribution in [0, 0.1) is 23.1 Å². The van der Waals surface area contributed by atoms with Gasteiger partial charge in [0.25, 0.3) is 6.43 Å². The van der Waals surface area contributed by atoms with E-state index in [0.29, 0.717) is 0 Å². The second-order valence-corrected chi connectivity index (χ2v) is 2.11. The van der Waals surface area contributed by atoms with Crippen LogP contribution in [0.15, 0.2) is 6.07 Å². The van der Waals surface area contributed by atoms with Crippen LogP contribution in [0.5, 0.6) is 0 Å². The molecule has 0 aromatic carbocycles. The van der Waals surface area contributed by atoms with Crippen molar-refractivity contribution in [1.82, 2.24) is 4.98 Å². The van der Waals surface area contributed by atoms with E-state index < -0.39 is 29.4 Å². The fraction of sp³-hybridized carbons (Fsp3) is 0.143. The van der Waals surface area contributed by atoms with Crippen molar-refractivity contribution in [1.29, 1.82) is 5.26 Å². The Hall–Kier alpha value is -1.64. The van der Waals surface area contributed by atoms with Gasteiger partial charge in [0.2, 0.25) is 5.95 Å². The number of nitrogens with zero attached hydrogens (tertiary/aromatic N) is 2. The summed E-state index contributed by atoms with van der Waals surface area (Å²) in [5.41, 5.74) is -1.70. The van der Waals surface area contributed by atoms with E-state index in [1.165, 1.54) is 6.07 Å². The van der Waals surface area contributed by atoms with Crippen LogP contribution >= 0.6 is 0 Å². The summed E-state index contributed by atoms with van der Waals surface area (Å²) in [6.45, 7) is 0. The summed E-state index contributed by atoms with van der Waals surface area (Å²) >= 11 is 0. The lowest BCUT2D eigenvalue weighted by Gasteiger charge is -2.01. The Bertz CT molecular complexity index is 369. The average molecular weight is 190 g/mol. The van der Waals surface area contributed by atoms with Crippen molar-refractivity contribution in [2.24, 2.45) is 0 Å². The molecular weight excluding hydrogens is 188 g/mol. The summed E-state index contributed by atoms with van der Waals surface area (Å²) in [5, 5.41) is 8.25. The molecule has 0 saturated carbocycles. The molecule has 0 bridgehead atoms. The van der Waals surface area contributed by atoms with Crippen LogP contribution in [0.1, 0.15) is 17.7 Å². The van der Waals surface area contributed by atoms with Gasteiger partial charge in [-0.25, -0.2) is 18.2 Å². The maximum Gasteiger partial charge on any atom is 0.266 e. The maximum atomic E-state index is 12.4. The van der Waals surface area contributed by atoms with E-state index in [2.05, 4.69) is 4.98 Å². The largest absolute Gasteiger partial charge is 0.266 e. The molecule has 1 rings (SSSR count). The lowest BCUT2D eigenvalue weighted by molar-refractivity contribution is 0.149. The Kier molecular flexibility index (Phi) is 2.46. The topological polar surface area (TPSA) is 36.7 Å². The number of hydrogen-bond donors (Lipinski definition) is 0. The molecule has 0 unspecified atom stereocenters. The molecule has 0 aliphatic carbocycles. The van der Waals surface area contributed by atoms with Crippen molar-refractivity contribution < 1.29 is 17.6 Å². The summed E-state index contributed by atoms with van der Waals surface area (Å²) in [4.78, 5) is 2.73. The number of pyridine rings is 1. The lowest BCUT2D eigenvalue weighted by atomic mass is 10.2. The molecule has 0 atom stereocenters. The van der Waals surface area contributed by atoms with E-state index in [1.54, 1.807) is 0 Å². The maximum absolute atomic E-state index is 12.4. The van der Waals surface area contributed by atoms with Gasteiger partial charge >= 0.3 is 0 Å². The quantitative estimate of drug-likeness (QED) is 0.502. The van der Waals surface area contributed by atoms with Crippen LogP contribution in [0.2, 0.25) is 0 Å². The highest BCUT2D eigenvalue weighted by Gasteiger charge is 2.18. The molecule has 0 saturated heterocycles. The minimum absolute atomic E-state index is 0.269. The Morgan fingerprint density at radius 3 is 2.46 bits per heavy atom. The van der Waals surface area contributed by atoms with Gasteiger partial charge in [-0.15, -0.1) is 0 Å². The first-order valence-electron chi connectivity index (χ1n) is 3.10. The highest BCUT2D eigenvalue weighted by Crippen LogP contribution is 2.22. The Labute approximate surface area is 70.4 Å². The fourth-order valence-corrected chi connectivity index (χ4v) is 0.736. The molecule has 6 heteroatoms. The lowest BCUT2D eigenvalue weighted by Crippen LogP contribution is -2.00. The Balaban J connectivity index is 3.35. The van der Waals surface area contributed by atoms with E-state index in [4.69, 9.17) is 5.26 Å². The average Bonchev–Trinajstić information content (AvgIpc) is 2.08. The number of nitriles is 1. The summed E-state index contributed by atoms with van der Waals surface area (Å²) in [6.07, 6.45) is -3.04. The van der Waals surface area contributed by atoms with Gasteiger partial charge in [0.1, 0.15) is 6.07 Å². The minimum Gasteiger partial charge on any atom is -0.206 e. The van der Waals surface area contributed by atoms with Gasteiger partial charge in [-0.3, -0.25) is 0 Å². The zero-order chi connectivity index (χ0) is 10.0. The number of halogens is 4. The van der Waals surface area contributed by atoms with E-state index >= 15 is 0 Å². The van der Waals surface area contributed by atoms with E-state index in [-0.39, 0.29) is 6.07 Å². The monoisotopic (exact) mass is 190 g/mol. The highest BCUT2D eigenvalue weighted by molar-refractivity contribution is 5.32. The zero-order valence-corrected chi connectivity index (χ0v) is 6.06. The number of aromatic nitrogens is 1. The SMILES string of the molecule is N#Cc1nc(F)c(F)cc1C(F)F. The van der Waals surface area contributed by atoms with Gasteiger partial charge < -0.3 is 0 Å². The zero-order valence-electron chi connectivity index (χ0n) is 6.06. The van der Waals surface area contributed by atoms with Crippen LogP contribution in [0.25, 0.3) is 0 Å². The highest BCUT2D eigenvalue weighted by atomic mass is 19.3. The van der Waals surface area contributed by atoms with Crippen molar-refractivity contribution in [2.45, 2.75) is 6.43 Å². The molecule has 0 radical (unpaired) electrons. The van der Waals surface area contributed by atoms with Gasteiger partial charge in [-0.05, 0) is 6.07 Å². The number of alkyl halides is 2. The van der Waals surface area contributed by atoms with Gasteiger partial charge in [0.05, 0.1) is 5.56 Å². The van der Waals surface area contributed by atoms with E-state index in [0.717, 1.165) is 0 Å². The predicted octanol–water partition coefficient (Wildman–Crippen LogP) is 2.17. The molecule has 0 amide bonds. The molecule has 1 aromatic heterocycles. The van der Waals surface area contributed by atoms with Crippen LogP contribution in [0.4, 0.5) is 17.6 Å². The summed E-state index contributed by atoms with van der Waals surface area (Å²) < 4.78 is 48.8. The molecule has 68 valence electrons. The molecule has 1 aromatic rings. The van der Waals surface area contributed by atoms with Crippen LogP contribution in [-0.2, 0) is 0 Å². The fourth-order valence-electron chi connectivity index (χ4n) is 0.736. The first kappa shape index (κ1) is 9.45. The van der Waals surface area contributed by atoms with Gasteiger partial charge in [-0.2, -0.15) is 9.65 Å². The molecule has 0 spiro atoms. The second-order valence-electron chi connectivity index (χ2n) is 2.11. The first-order chi connectivity index (χ1) is 6.06. The third-order valence-electron chi connectivity index (χ3n) is 1.30. The minimum atomic E-state index is -3.04. The predicted molar refractivity (Wildman–Crippen MR) is 33.8 cm³/mol. The van der Waals surface area contributed by atoms with Crippen LogP contribution in [0.3, 0.4) is 0 Å². The number of rotatable bonds is 1. The molecule has 1 heterocycles. The van der Waals surface area contributed by atoms with Crippen molar-refractivity contribution in [3.05, 3.63) is 29.1 Å². The molecule has 0 aliphatic rings. The third kappa shape index (κ3) is 1.75. The smallest absolute Gasteiger partial charge is 0.206 e. The van der Waals surface area contributed by atoms with Crippen LogP contribution in [-0.4, -0.2) is 4.98 Å². The summed E-state index contributed by atoms with van der Waals surface area (Å²) in [5.74, 6) is -3.05. The molecule has 0 N–H and O–H groups in total. The van der Waals surface area contributed by atoms with Gasteiger partial charge in [0.15, 0.2) is 11.5 Å². The molecule has 2 nitrogen and oxygen atoms in total. The molecule has 0 aliphatic heterocycles.